The molecule has 2 atom stereocenters. The Hall–Kier alpha value is -4.41. The fraction of sp³-hybridized carbons (Fsp3) is 0.138. The van der Waals surface area contributed by atoms with Gasteiger partial charge in [0.05, 0.1) is 16.8 Å². The van der Waals surface area contributed by atoms with Crippen molar-refractivity contribution in [2.24, 2.45) is 0 Å². The van der Waals surface area contributed by atoms with E-state index in [2.05, 4.69) is 0 Å². The second-order valence-corrected chi connectivity index (χ2v) is 11.1. The predicted octanol–water partition coefficient (Wildman–Crippen LogP) is 4.45. The van der Waals surface area contributed by atoms with Gasteiger partial charge in [0.25, 0.3) is 0 Å². The van der Waals surface area contributed by atoms with Gasteiger partial charge in [0.15, 0.2) is 18.2 Å². The summed E-state index contributed by atoms with van der Waals surface area (Å²) in [5.41, 5.74) is 4.04. The molecule has 10 heteroatoms. The molecule has 0 radical (unpaired) electrons. The Balaban J connectivity index is 1.45. The number of pyridine rings is 1. The monoisotopic (exact) mass is 542 g/mol. The largest absolute Gasteiger partial charge is 0.619 e. The average Bonchev–Trinajstić information content (AvgIpc) is 3.59. The van der Waals surface area contributed by atoms with Crippen LogP contribution in [0, 0.1) is 11.0 Å². The highest BCUT2D eigenvalue weighted by Crippen LogP contribution is 2.38. The predicted molar refractivity (Wildman–Crippen MR) is 145 cm³/mol. The van der Waals surface area contributed by atoms with Gasteiger partial charge in [-0.15, -0.1) is 0 Å². The third-order valence-electron chi connectivity index (χ3n) is 6.95. The van der Waals surface area contributed by atoms with Gasteiger partial charge in [-0.2, -0.15) is 4.73 Å². The summed E-state index contributed by atoms with van der Waals surface area (Å²) in [6.07, 6.45) is 6.00. The molecule has 1 amide bonds. The lowest BCUT2D eigenvalue weighted by Crippen LogP contribution is -2.27. The third kappa shape index (κ3) is 4.18. The lowest BCUT2D eigenvalue weighted by atomic mass is 10.00. The maximum atomic E-state index is 13.9. The van der Waals surface area contributed by atoms with Crippen LogP contribution in [-0.2, 0) is 16.9 Å². The van der Waals surface area contributed by atoms with Crippen LogP contribution in [0.3, 0.4) is 0 Å². The first-order valence-electron chi connectivity index (χ1n) is 12.2. The molecule has 196 valence electrons. The van der Waals surface area contributed by atoms with Gasteiger partial charge < -0.3 is 14.7 Å². The first kappa shape index (κ1) is 24.9. The molecule has 5 aromatic rings. The molecule has 0 fully saturated rings. The Morgan fingerprint density at radius 2 is 1.79 bits per heavy atom. The normalized spacial score (nSPS) is 16.4. The maximum Gasteiger partial charge on any atom is 0.328 e. The van der Waals surface area contributed by atoms with Gasteiger partial charge in [0.1, 0.15) is 11.6 Å². The summed E-state index contributed by atoms with van der Waals surface area (Å²) in [5.74, 6) is -0.476. The summed E-state index contributed by atoms with van der Waals surface area (Å²) in [6.45, 7) is 0. The van der Waals surface area contributed by atoms with Crippen molar-refractivity contribution in [1.82, 2.24) is 14.0 Å². The lowest BCUT2D eigenvalue weighted by molar-refractivity contribution is -0.605. The van der Waals surface area contributed by atoms with Crippen LogP contribution >= 0.6 is 0 Å². The van der Waals surface area contributed by atoms with Gasteiger partial charge in [0.2, 0.25) is 5.37 Å². The molecule has 2 aromatic carbocycles. The number of nitrogens with zero attached hydrogens (tertiary/aromatic N) is 4. The number of carbonyl (C=O) groups excluding carboxylic acids is 2. The zero-order valence-corrected chi connectivity index (χ0v) is 21.9. The van der Waals surface area contributed by atoms with Crippen molar-refractivity contribution < 1.29 is 23.3 Å². The van der Waals surface area contributed by atoms with Crippen molar-refractivity contribution in [3.8, 4) is 11.1 Å². The van der Waals surface area contributed by atoms with Crippen molar-refractivity contribution in [1.29, 1.82) is 0 Å². The second kappa shape index (κ2) is 9.40. The molecule has 3 aromatic heterocycles. The van der Waals surface area contributed by atoms with Crippen LogP contribution in [-0.4, -0.2) is 44.5 Å². The fourth-order valence-electron chi connectivity index (χ4n) is 5.08. The molecule has 39 heavy (non-hydrogen) atoms. The lowest BCUT2D eigenvalue weighted by Gasteiger charge is -2.14. The number of ketones is 1. The highest BCUT2D eigenvalue weighted by atomic mass is 32.2. The molecule has 0 bridgehead atoms. The fourth-order valence-corrected chi connectivity index (χ4v) is 6.70. The topological polar surface area (TPSA) is 97.2 Å². The van der Waals surface area contributed by atoms with E-state index in [0.717, 1.165) is 11.1 Å². The molecule has 0 saturated heterocycles. The summed E-state index contributed by atoms with van der Waals surface area (Å²) in [6, 6.07) is 16.2. The first-order chi connectivity index (χ1) is 18.7. The van der Waals surface area contributed by atoms with Gasteiger partial charge >= 0.3 is 6.03 Å². The Bertz CT molecular complexity index is 1760. The molecule has 0 saturated carbocycles. The number of aromatic nitrogens is 3. The molecule has 6 rings (SSSR count). The molecule has 4 heterocycles. The van der Waals surface area contributed by atoms with Crippen LogP contribution < -0.4 is 4.73 Å². The Kier molecular flexibility index (Phi) is 6.00. The second-order valence-electron chi connectivity index (χ2n) is 9.62. The highest BCUT2D eigenvalue weighted by molar-refractivity contribution is 7.91. The molecule has 1 aliphatic rings. The minimum absolute atomic E-state index is 0.163. The van der Waals surface area contributed by atoms with Crippen LogP contribution in [0.2, 0.25) is 0 Å². The van der Waals surface area contributed by atoms with E-state index in [1.165, 1.54) is 40.2 Å². The Morgan fingerprint density at radius 1 is 1.05 bits per heavy atom. The van der Waals surface area contributed by atoms with Crippen LogP contribution in [0.5, 0.6) is 0 Å². The zero-order chi connectivity index (χ0) is 27.4. The summed E-state index contributed by atoms with van der Waals surface area (Å²) in [7, 11) is 3.26. The van der Waals surface area contributed by atoms with Crippen LogP contribution in [0.25, 0.3) is 22.0 Å². The van der Waals surface area contributed by atoms with Crippen LogP contribution in [0.4, 0.5) is 9.18 Å². The van der Waals surface area contributed by atoms with Gasteiger partial charge in [-0.25, -0.2) is 9.18 Å². The van der Waals surface area contributed by atoms with E-state index in [1.54, 1.807) is 61.3 Å². The molecule has 1 aliphatic heterocycles. The van der Waals surface area contributed by atoms with Gasteiger partial charge in [0, 0.05) is 49.1 Å². The van der Waals surface area contributed by atoms with E-state index in [1.807, 2.05) is 12.1 Å². The zero-order valence-electron chi connectivity index (χ0n) is 21.1. The molecule has 8 nitrogen and oxygen atoms in total. The standard InChI is InChI=1S/C29H23FN4O4S/c1-31(2)29(36)34-16-24(22-10-7-19(14-25(22)34)18-5-8-21(30)9-6-18)27(35)23-11-13-33-26(23)17-39(38)28(33)20-4-3-12-32(37)15-20/h3-16,28H,17H2,1-2H3. The number of fused-ring (bicyclic) bond motifs is 2. The summed E-state index contributed by atoms with van der Waals surface area (Å²) >= 11 is -1.36. The number of halogens is 1. The maximum absolute atomic E-state index is 13.9. The van der Waals surface area contributed by atoms with E-state index in [9.17, 15) is 23.7 Å². The number of hydrogen-bond donors (Lipinski definition) is 0. The molecule has 0 N–H and O–H groups in total. The van der Waals surface area contributed by atoms with E-state index in [-0.39, 0.29) is 23.4 Å². The van der Waals surface area contributed by atoms with Crippen molar-refractivity contribution >= 4 is 33.9 Å². The smallest absolute Gasteiger partial charge is 0.328 e. The number of hydrogen-bond acceptors (Lipinski definition) is 4. The first-order valence-corrected chi connectivity index (χ1v) is 13.5. The van der Waals surface area contributed by atoms with Crippen molar-refractivity contribution in [3.05, 3.63) is 119 Å². The van der Waals surface area contributed by atoms with E-state index >= 15 is 0 Å². The summed E-state index contributed by atoms with van der Waals surface area (Å²) < 4.78 is 30.4. The van der Waals surface area contributed by atoms with Crippen molar-refractivity contribution in [2.75, 3.05) is 14.1 Å². The molecular weight excluding hydrogens is 519 g/mol. The SMILES string of the molecule is CN(C)C(=O)n1cc(C(=O)c2ccn3c2C[S+]([O-])C3c2ccc[n+]([O-])c2)c2ccc(-c3ccc(F)cc3)cc21. The minimum Gasteiger partial charge on any atom is -0.619 e. The van der Waals surface area contributed by atoms with Gasteiger partial charge in [-0.3, -0.25) is 13.9 Å². The summed E-state index contributed by atoms with van der Waals surface area (Å²) in [4.78, 5) is 28.4. The third-order valence-corrected chi connectivity index (χ3v) is 8.50. The molecule has 2 unspecified atom stereocenters. The van der Waals surface area contributed by atoms with Crippen LogP contribution in [0.15, 0.2) is 85.5 Å². The molecule has 0 spiro atoms. The average molecular weight is 543 g/mol. The number of carbonyl (C=O) groups is 2. The summed E-state index contributed by atoms with van der Waals surface area (Å²) in [5, 5.41) is 11.8. The Morgan fingerprint density at radius 3 is 2.51 bits per heavy atom. The van der Waals surface area contributed by atoms with Gasteiger partial charge in [-0.1, -0.05) is 24.3 Å². The molecule has 0 aliphatic carbocycles. The number of rotatable bonds is 4. The van der Waals surface area contributed by atoms with Gasteiger partial charge in [-0.05, 0) is 52.6 Å². The highest BCUT2D eigenvalue weighted by Gasteiger charge is 2.40. The quantitative estimate of drug-likeness (QED) is 0.145. The number of amides is 1. The Labute approximate surface area is 226 Å². The van der Waals surface area contributed by atoms with Crippen molar-refractivity contribution in [3.63, 3.8) is 0 Å². The van der Waals surface area contributed by atoms with Crippen molar-refractivity contribution in [2.45, 2.75) is 11.1 Å². The number of benzene rings is 2. The van der Waals surface area contributed by atoms with E-state index < -0.39 is 16.5 Å². The van der Waals surface area contributed by atoms with E-state index in [4.69, 9.17) is 0 Å². The van der Waals surface area contributed by atoms with Crippen LogP contribution in [0.1, 0.15) is 32.6 Å². The molecular formula is C29H23FN4O4S. The minimum atomic E-state index is -1.36. The van der Waals surface area contributed by atoms with E-state index in [0.29, 0.717) is 38.0 Å².